The summed E-state index contributed by atoms with van der Waals surface area (Å²) in [6.45, 7) is 0. The number of rotatable bonds is 4. The minimum absolute atomic E-state index is 0.325. The van der Waals surface area contributed by atoms with E-state index < -0.39 is 18.0 Å². The Labute approximate surface area is 154 Å². The molecule has 0 spiro atoms. The third-order valence-electron chi connectivity index (χ3n) is 4.25. The highest BCUT2D eigenvalue weighted by molar-refractivity contribution is 6.03. The van der Waals surface area contributed by atoms with Gasteiger partial charge >= 0.3 is 11.9 Å². The van der Waals surface area contributed by atoms with Crippen molar-refractivity contribution in [2.45, 2.75) is 12.5 Å². The maximum atomic E-state index is 10.7. The molecule has 0 unspecified atom stereocenters. The van der Waals surface area contributed by atoms with E-state index in [0.717, 1.165) is 27.4 Å². The van der Waals surface area contributed by atoms with E-state index in [0.29, 0.717) is 12.0 Å². The molecule has 138 valence electrons. The molecule has 27 heavy (non-hydrogen) atoms. The highest BCUT2D eigenvalue weighted by Crippen LogP contribution is 2.19. The Morgan fingerprint density at radius 2 is 1.44 bits per heavy atom. The molecule has 0 saturated carbocycles. The second-order valence-corrected chi connectivity index (χ2v) is 6.06. The normalized spacial score (nSPS) is 11.7. The monoisotopic (exact) mass is 365 g/mol. The lowest BCUT2D eigenvalue weighted by atomic mass is 10.1. The summed E-state index contributed by atoms with van der Waals surface area (Å²) in [7, 11) is 0. The van der Waals surface area contributed by atoms with Crippen molar-refractivity contribution in [3.63, 3.8) is 0 Å². The van der Waals surface area contributed by atoms with Gasteiger partial charge in [0.25, 0.3) is 0 Å². The van der Waals surface area contributed by atoms with Gasteiger partial charge in [-0.05, 0) is 17.7 Å². The van der Waals surface area contributed by atoms with Crippen LogP contribution in [-0.2, 0) is 11.2 Å². The molecule has 2 aromatic heterocycles. The first-order valence-electron chi connectivity index (χ1n) is 8.30. The third-order valence-corrected chi connectivity index (χ3v) is 4.25. The first-order chi connectivity index (χ1) is 13.0. The van der Waals surface area contributed by atoms with Crippen LogP contribution in [0, 0.1) is 0 Å². The number of para-hydroxylation sites is 2. The zero-order chi connectivity index (χ0) is 19.4. The van der Waals surface area contributed by atoms with Crippen LogP contribution in [0.4, 0.5) is 0 Å². The van der Waals surface area contributed by atoms with Crippen LogP contribution in [0.15, 0.2) is 60.9 Å². The fourth-order valence-corrected chi connectivity index (χ4v) is 2.87. The number of benzene rings is 2. The zero-order valence-electron chi connectivity index (χ0n) is 14.3. The molecule has 1 atom stereocenters. The van der Waals surface area contributed by atoms with Crippen LogP contribution in [0.5, 0.6) is 0 Å². The number of carboxylic acid groups (broad SMARTS) is 2. The number of nitrogens with two attached hydrogens (primary N) is 1. The molecule has 0 bridgehead atoms. The van der Waals surface area contributed by atoms with Gasteiger partial charge in [0.2, 0.25) is 0 Å². The molecule has 7 nitrogen and oxygen atoms in total. The van der Waals surface area contributed by atoms with Crippen molar-refractivity contribution >= 4 is 33.7 Å². The molecular weight excluding hydrogens is 346 g/mol. The number of aliphatic carboxylic acids is 1. The lowest BCUT2D eigenvalue weighted by Gasteiger charge is -2.04. The Kier molecular flexibility index (Phi) is 5.23. The Balaban J connectivity index is 0.000000159. The number of hydrogen-bond acceptors (Lipinski definition) is 3. The molecular formula is C20H19N3O4. The summed E-state index contributed by atoms with van der Waals surface area (Å²) in [5, 5.41) is 19.3. The number of aromatic nitrogens is 2. The van der Waals surface area contributed by atoms with E-state index in [1.807, 2.05) is 48.7 Å². The number of carboxylic acids is 2. The van der Waals surface area contributed by atoms with Gasteiger partial charge in [-0.25, -0.2) is 4.79 Å². The molecule has 2 aromatic carbocycles. The molecule has 0 aliphatic heterocycles. The first kappa shape index (κ1) is 18.2. The minimum Gasteiger partial charge on any atom is -0.480 e. The number of aromatic amines is 2. The van der Waals surface area contributed by atoms with Crippen LogP contribution in [0.25, 0.3) is 21.8 Å². The van der Waals surface area contributed by atoms with Gasteiger partial charge in [0.05, 0.1) is 5.56 Å². The van der Waals surface area contributed by atoms with Gasteiger partial charge < -0.3 is 25.9 Å². The van der Waals surface area contributed by atoms with Crippen molar-refractivity contribution in [2.75, 3.05) is 0 Å². The quantitative estimate of drug-likeness (QED) is 0.379. The Bertz CT molecular complexity index is 1100. The average molecular weight is 365 g/mol. The summed E-state index contributed by atoms with van der Waals surface area (Å²) >= 11 is 0. The number of fused-ring (bicyclic) bond motifs is 2. The van der Waals surface area contributed by atoms with Gasteiger partial charge in [0, 0.05) is 40.6 Å². The fourth-order valence-electron chi connectivity index (χ4n) is 2.87. The van der Waals surface area contributed by atoms with Crippen molar-refractivity contribution < 1.29 is 19.8 Å². The number of H-pyrrole nitrogens is 2. The van der Waals surface area contributed by atoms with Crippen LogP contribution in [0.1, 0.15) is 15.9 Å². The number of carbonyl (C=O) groups is 2. The SMILES string of the molecule is N[C@@H](Cc1c[nH]c2ccccc12)C(=O)O.O=C(O)c1c[nH]c2ccccc12. The molecule has 7 heteroatoms. The molecule has 0 saturated heterocycles. The van der Waals surface area contributed by atoms with E-state index in [1.54, 1.807) is 6.07 Å². The standard InChI is InChI=1S/C11H12N2O2.C9H7NO2/c12-9(11(14)15)5-7-6-13-10-4-2-1-3-8(7)10;11-9(12)7-5-10-8-4-2-1-3-6(7)8/h1-4,6,9,13H,5,12H2,(H,14,15);1-5,10H,(H,11,12)/t9-;/m0./s1. The summed E-state index contributed by atoms with van der Waals surface area (Å²) in [4.78, 5) is 27.3. The molecule has 0 aliphatic rings. The van der Waals surface area contributed by atoms with Gasteiger partial charge in [-0.1, -0.05) is 36.4 Å². The molecule has 0 fully saturated rings. The van der Waals surface area contributed by atoms with Gasteiger partial charge in [0.1, 0.15) is 6.04 Å². The van der Waals surface area contributed by atoms with E-state index in [2.05, 4.69) is 9.97 Å². The molecule has 0 radical (unpaired) electrons. The summed E-state index contributed by atoms with van der Waals surface area (Å²) in [6, 6.07) is 14.2. The smallest absolute Gasteiger partial charge is 0.337 e. The Hall–Kier alpha value is -3.58. The van der Waals surface area contributed by atoms with Crippen LogP contribution in [0.3, 0.4) is 0 Å². The van der Waals surface area contributed by atoms with E-state index in [9.17, 15) is 9.59 Å². The van der Waals surface area contributed by atoms with Crippen LogP contribution in [-0.4, -0.2) is 38.2 Å². The number of aromatic carboxylic acids is 1. The molecule has 0 aliphatic carbocycles. The average Bonchev–Trinajstić information content (AvgIpc) is 3.27. The fraction of sp³-hybridized carbons (Fsp3) is 0.100. The van der Waals surface area contributed by atoms with Gasteiger partial charge in [-0.3, -0.25) is 4.79 Å². The molecule has 2 heterocycles. The lowest BCUT2D eigenvalue weighted by Crippen LogP contribution is -2.32. The summed E-state index contributed by atoms with van der Waals surface area (Å²) < 4.78 is 0. The zero-order valence-corrected chi connectivity index (χ0v) is 14.3. The maximum absolute atomic E-state index is 10.7. The molecule has 6 N–H and O–H groups in total. The van der Waals surface area contributed by atoms with Crippen molar-refractivity contribution in [1.29, 1.82) is 0 Å². The maximum Gasteiger partial charge on any atom is 0.337 e. The van der Waals surface area contributed by atoms with Gasteiger partial charge in [-0.2, -0.15) is 0 Å². The van der Waals surface area contributed by atoms with Gasteiger partial charge in [-0.15, -0.1) is 0 Å². The van der Waals surface area contributed by atoms with E-state index >= 15 is 0 Å². The third kappa shape index (κ3) is 3.99. The van der Waals surface area contributed by atoms with Gasteiger partial charge in [0.15, 0.2) is 0 Å². The Morgan fingerprint density at radius 1 is 0.889 bits per heavy atom. The molecule has 0 amide bonds. The highest BCUT2D eigenvalue weighted by Gasteiger charge is 2.14. The summed E-state index contributed by atoms with van der Waals surface area (Å²) in [6.07, 6.45) is 3.67. The van der Waals surface area contributed by atoms with Crippen molar-refractivity contribution in [1.82, 2.24) is 9.97 Å². The van der Waals surface area contributed by atoms with Crippen LogP contribution < -0.4 is 5.73 Å². The number of hydrogen-bond donors (Lipinski definition) is 5. The number of nitrogens with one attached hydrogen (secondary N) is 2. The summed E-state index contributed by atoms with van der Waals surface area (Å²) in [5.41, 5.74) is 8.62. The predicted molar refractivity (Wildman–Crippen MR) is 103 cm³/mol. The first-order valence-corrected chi connectivity index (χ1v) is 8.30. The van der Waals surface area contributed by atoms with Crippen molar-refractivity contribution in [2.24, 2.45) is 5.73 Å². The van der Waals surface area contributed by atoms with E-state index in [1.165, 1.54) is 6.20 Å². The van der Waals surface area contributed by atoms with Crippen LogP contribution >= 0.6 is 0 Å². The minimum atomic E-state index is -0.972. The van der Waals surface area contributed by atoms with Crippen molar-refractivity contribution in [3.05, 3.63) is 72.1 Å². The van der Waals surface area contributed by atoms with E-state index in [4.69, 9.17) is 15.9 Å². The van der Waals surface area contributed by atoms with E-state index in [-0.39, 0.29) is 0 Å². The topological polar surface area (TPSA) is 132 Å². The largest absolute Gasteiger partial charge is 0.480 e. The second kappa shape index (κ2) is 7.76. The predicted octanol–water partition coefficient (Wildman–Crippen LogP) is 2.99. The summed E-state index contributed by atoms with van der Waals surface area (Å²) in [5.74, 6) is -1.87. The molecule has 4 aromatic rings. The molecule has 4 rings (SSSR count). The lowest BCUT2D eigenvalue weighted by molar-refractivity contribution is -0.138. The highest BCUT2D eigenvalue weighted by atomic mass is 16.4. The van der Waals surface area contributed by atoms with Crippen LogP contribution in [0.2, 0.25) is 0 Å². The second-order valence-electron chi connectivity index (χ2n) is 6.06. The van der Waals surface area contributed by atoms with Crippen molar-refractivity contribution in [3.8, 4) is 0 Å². The Morgan fingerprint density at radius 3 is 2.07 bits per heavy atom.